The number of hydrogen-bond acceptors (Lipinski definition) is 12. The lowest BCUT2D eigenvalue weighted by Crippen LogP contribution is -2.73. The number of rotatable bonds is 11. The quantitative estimate of drug-likeness (QED) is 0.173. The molecule has 1 aromatic carbocycles. The van der Waals surface area contributed by atoms with Crippen LogP contribution in [0.15, 0.2) is 82.6 Å². The fraction of sp³-hybridized carbons (Fsp3) is 0.561. The van der Waals surface area contributed by atoms with Crippen LogP contribution >= 0.6 is 0 Å². The van der Waals surface area contributed by atoms with Crippen molar-refractivity contribution in [3.63, 3.8) is 0 Å². The van der Waals surface area contributed by atoms with Crippen molar-refractivity contribution in [2.24, 2.45) is 28.2 Å². The number of pyridine rings is 1. The molecule has 9 unspecified atom stereocenters. The molecule has 0 radical (unpaired) electrons. The predicted octanol–water partition coefficient (Wildman–Crippen LogP) is 8.18. The van der Waals surface area contributed by atoms with Gasteiger partial charge in [-0.25, -0.2) is 4.98 Å². The molecule has 6 aliphatic heterocycles. The lowest BCUT2D eigenvalue weighted by molar-refractivity contribution is -0.204. The van der Waals surface area contributed by atoms with Gasteiger partial charge in [-0.15, -0.1) is 0 Å². The standard InChI is InChI=1S/C57H72N6O7/c1-35(2)15-13-22-54(9)23-21-39-44(64)42-45(65)43-48(61-29-31-62(32-30-61)49-37(5)16-14-26-59-49)55(10)51-53(7,8)70-56(52(55)67,57(43,51)69-47(42)40(46(39)68-54)19-18-36(3)4)24-20-38(6)50(66)63-33-27-60(28-34-63)41-17-11-12-25-58-41/h11-12,14-18,20-21,23,25-26,37,43,48-49,51,64H,13,19,22,24,27-34H2,1-10H3/b38-20-. The number of Topliss-reactive ketones (excluding diaryl/α,β-unsaturated/α-hetero) is 2. The van der Waals surface area contributed by atoms with Crippen molar-refractivity contribution >= 4 is 35.6 Å². The number of aromatic hydroxyl groups is 1. The summed E-state index contributed by atoms with van der Waals surface area (Å²) in [5.74, 6) is -0.184. The number of aromatic nitrogens is 1. The molecular weight excluding hydrogens is 881 g/mol. The van der Waals surface area contributed by atoms with Crippen LogP contribution in [0.25, 0.3) is 6.08 Å². The highest BCUT2D eigenvalue weighted by Crippen LogP contribution is 2.78. The van der Waals surface area contributed by atoms with Crippen molar-refractivity contribution in [3.05, 3.63) is 94.3 Å². The Hall–Kier alpha value is -5.37. The third-order valence-corrected chi connectivity index (χ3v) is 17.1. The van der Waals surface area contributed by atoms with Crippen molar-refractivity contribution in [1.29, 1.82) is 0 Å². The molecule has 8 aliphatic rings. The van der Waals surface area contributed by atoms with Crippen molar-refractivity contribution in [1.82, 2.24) is 19.7 Å². The van der Waals surface area contributed by atoms with Crippen molar-refractivity contribution in [2.75, 3.05) is 57.3 Å². The number of ether oxygens (including phenoxy) is 3. The predicted molar refractivity (Wildman–Crippen MR) is 273 cm³/mol. The molecule has 4 bridgehead atoms. The Labute approximate surface area is 414 Å². The van der Waals surface area contributed by atoms with Gasteiger partial charge in [-0.2, -0.15) is 0 Å². The normalized spacial score (nSPS) is 33.9. The summed E-state index contributed by atoms with van der Waals surface area (Å²) in [6.45, 7) is 25.4. The van der Waals surface area contributed by atoms with Gasteiger partial charge in [0.25, 0.3) is 0 Å². The maximum atomic E-state index is 16.3. The summed E-state index contributed by atoms with van der Waals surface area (Å²) in [5, 5.41) is 12.6. The van der Waals surface area contributed by atoms with E-state index >= 15 is 9.59 Å². The first kappa shape index (κ1) is 48.3. The molecule has 2 aliphatic carbocycles. The number of anilines is 1. The van der Waals surface area contributed by atoms with Crippen LogP contribution in [0.4, 0.5) is 5.82 Å². The van der Waals surface area contributed by atoms with Crippen molar-refractivity contribution < 1.29 is 33.7 Å². The molecule has 13 heteroatoms. The van der Waals surface area contributed by atoms with E-state index in [-0.39, 0.29) is 53.0 Å². The third-order valence-electron chi connectivity index (χ3n) is 17.1. The number of aliphatic imine (C=N–C) groups is 1. The summed E-state index contributed by atoms with van der Waals surface area (Å²) in [7, 11) is 0. The van der Waals surface area contributed by atoms with Gasteiger partial charge in [0.2, 0.25) is 5.91 Å². The Morgan fingerprint density at radius 3 is 2.27 bits per heavy atom. The zero-order valence-corrected chi connectivity index (χ0v) is 42.9. The van der Waals surface area contributed by atoms with E-state index in [1.807, 2.05) is 95.2 Å². The average Bonchev–Trinajstić information content (AvgIpc) is 3.77. The summed E-state index contributed by atoms with van der Waals surface area (Å²) in [5.41, 5.74) is -1.80. The SMILES string of the molecule is CC(C)=CCCC1(C)C=Cc2c(O)c3c(c(CC=C(C)C)c2O1)OC12C(C3=O)C(N3CCN(C4N=CC=CC4C)CC3)C3(C)C(=O)C1(C/C=C(/C)C(=O)N1CCN(c4ccccn4)CC1)OC(C)(C)C32. The van der Waals surface area contributed by atoms with E-state index in [1.165, 1.54) is 5.57 Å². The minimum atomic E-state index is -1.64. The van der Waals surface area contributed by atoms with Gasteiger partial charge in [-0.3, -0.25) is 29.2 Å². The average molecular weight is 953 g/mol. The molecule has 9 atom stereocenters. The zero-order chi connectivity index (χ0) is 49.7. The van der Waals surface area contributed by atoms with Gasteiger partial charge in [0, 0.05) is 100 Å². The number of fused-ring (bicyclic) bond motifs is 2. The third kappa shape index (κ3) is 7.29. The van der Waals surface area contributed by atoms with E-state index in [1.54, 1.807) is 6.20 Å². The summed E-state index contributed by atoms with van der Waals surface area (Å²) in [4.78, 5) is 64.9. The second-order valence-electron chi connectivity index (χ2n) is 22.7. The largest absolute Gasteiger partial charge is 0.506 e. The first-order chi connectivity index (χ1) is 33.3. The Balaban J connectivity index is 1.08. The molecule has 2 aromatic rings. The lowest BCUT2D eigenvalue weighted by atomic mass is 9.61. The van der Waals surface area contributed by atoms with Crippen LogP contribution in [0.3, 0.4) is 0 Å². The smallest absolute Gasteiger partial charge is 0.249 e. The van der Waals surface area contributed by atoms with Gasteiger partial charge in [-0.1, -0.05) is 55.4 Å². The molecule has 7 heterocycles. The van der Waals surface area contributed by atoms with Crippen LogP contribution in [0, 0.1) is 23.2 Å². The van der Waals surface area contributed by atoms with Crippen molar-refractivity contribution in [3.8, 4) is 17.2 Å². The summed E-state index contributed by atoms with van der Waals surface area (Å²) in [6.07, 6.45) is 19.8. The fourth-order valence-electron chi connectivity index (χ4n) is 14.2. The van der Waals surface area contributed by atoms with E-state index in [0.717, 1.165) is 17.8 Å². The minimum Gasteiger partial charge on any atom is -0.506 e. The molecule has 5 fully saturated rings. The molecule has 70 heavy (non-hydrogen) atoms. The number of carbonyl (C=O) groups excluding carboxylic acids is 3. The highest BCUT2D eigenvalue weighted by Gasteiger charge is 2.95. The monoisotopic (exact) mass is 953 g/mol. The number of benzene rings is 1. The number of dihydropyridines is 1. The minimum absolute atomic E-state index is 0.0167. The van der Waals surface area contributed by atoms with E-state index in [9.17, 15) is 9.90 Å². The number of piperazine rings is 2. The molecular formula is C57H72N6O7. The van der Waals surface area contributed by atoms with Gasteiger partial charge < -0.3 is 29.1 Å². The molecule has 1 spiro atoms. The van der Waals surface area contributed by atoms with E-state index < -0.39 is 45.7 Å². The van der Waals surface area contributed by atoms with Crippen LogP contribution < -0.4 is 14.4 Å². The number of nitrogens with zero attached hydrogens (tertiary/aromatic N) is 6. The number of hydrogen-bond donors (Lipinski definition) is 1. The van der Waals surface area contributed by atoms with Gasteiger partial charge >= 0.3 is 0 Å². The van der Waals surface area contributed by atoms with Gasteiger partial charge in [0.05, 0.1) is 22.5 Å². The second-order valence-corrected chi connectivity index (χ2v) is 22.7. The maximum Gasteiger partial charge on any atom is 0.249 e. The van der Waals surface area contributed by atoms with Crippen LogP contribution in [0.1, 0.15) is 110 Å². The Morgan fingerprint density at radius 2 is 1.60 bits per heavy atom. The number of phenolic OH excluding ortho intramolecular Hbond substituents is 1. The highest BCUT2D eigenvalue weighted by atomic mass is 16.6. The molecule has 13 nitrogen and oxygen atoms in total. The molecule has 3 saturated heterocycles. The van der Waals surface area contributed by atoms with E-state index in [2.05, 4.69) is 65.6 Å². The zero-order valence-electron chi connectivity index (χ0n) is 42.9. The fourth-order valence-corrected chi connectivity index (χ4v) is 14.2. The maximum absolute atomic E-state index is 16.3. The number of phenols is 1. The highest BCUT2D eigenvalue weighted by molar-refractivity contribution is 6.13. The summed E-state index contributed by atoms with van der Waals surface area (Å²) < 4.78 is 22.1. The second kappa shape index (κ2) is 17.4. The lowest BCUT2D eigenvalue weighted by Gasteiger charge is -2.56. The van der Waals surface area contributed by atoms with Gasteiger partial charge in [-0.05, 0) is 105 Å². The molecule has 1 N–H and O–H groups in total. The first-order valence-electron chi connectivity index (χ1n) is 25.6. The van der Waals surface area contributed by atoms with Crippen molar-refractivity contribution in [2.45, 2.75) is 130 Å². The molecule has 1 aromatic heterocycles. The van der Waals surface area contributed by atoms with Crippen LogP contribution in [-0.4, -0.2) is 135 Å². The molecule has 10 rings (SSSR count). The van der Waals surface area contributed by atoms with Crippen LogP contribution in [0.2, 0.25) is 0 Å². The van der Waals surface area contributed by atoms with Crippen LogP contribution in [-0.2, 0) is 20.7 Å². The van der Waals surface area contributed by atoms with E-state index in [0.29, 0.717) is 87.6 Å². The number of allylic oxidation sites excluding steroid dienone is 5. The molecule has 372 valence electrons. The Kier molecular flexibility index (Phi) is 12.0. The Bertz CT molecular complexity index is 2660. The van der Waals surface area contributed by atoms with Crippen LogP contribution in [0.5, 0.6) is 17.2 Å². The molecule has 1 amide bonds. The van der Waals surface area contributed by atoms with E-state index in [4.69, 9.17) is 19.2 Å². The summed E-state index contributed by atoms with van der Waals surface area (Å²) >= 11 is 0. The number of amides is 1. The Morgan fingerprint density at radius 1 is 0.886 bits per heavy atom. The summed E-state index contributed by atoms with van der Waals surface area (Å²) in [6, 6.07) is 5.29. The number of carbonyl (C=O) groups is 3. The van der Waals surface area contributed by atoms with Gasteiger partial charge in [0.15, 0.2) is 22.8 Å². The first-order valence-corrected chi connectivity index (χ1v) is 25.6. The number of ketones is 2. The van der Waals surface area contributed by atoms with Gasteiger partial charge in [0.1, 0.15) is 40.4 Å². The molecule has 2 saturated carbocycles. The topological polar surface area (TPSA) is 137 Å².